The molecular formula is C15H18F2N2O. The van der Waals surface area contributed by atoms with E-state index < -0.39 is 11.6 Å². The highest BCUT2D eigenvalue weighted by atomic mass is 19.2. The van der Waals surface area contributed by atoms with Crippen molar-refractivity contribution in [2.45, 2.75) is 19.3 Å². The molecule has 0 fully saturated rings. The molecule has 0 bridgehead atoms. The molecule has 0 saturated carbocycles. The number of nitrogens with one attached hydrogen (secondary N) is 2. The standard InChI is InChI=1S/C15H18F2N2O/c16-13-3-1-2-12(15(13)17)4-5-14(20)19-10-11-6-8-18-9-7-11/h1-3,6,18H,4-5,7-10H2,(H,19,20). The number of rotatable bonds is 5. The highest BCUT2D eigenvalue weighted by molar-refractivity contribution is 5.76. The second kappa shape index (κ2) is 7.14. The van der Waals surface area contributed by atoms with Crippen LogP contribution in [0.25, 0.3) is 0 Å². The Balaban J connectivity index is 1.77. The first-order chi connectivity index (χ1) is 9.66. The fourth-order valence-electron chi connectivity index (χ4n) is 2.12. The summed E-state index contributed by atoms with van der Waals surface area (Å²) in [7, 11) is 0. The monoisotopic (exact) mass is 280 g/mol. The molecule has 0 aromatic heterocycles. The van der Waals surface area contributed by atoms with Gasteiger partial charge in [-0.05, 0) is 31.0 Å². The van der Waals surface area contributed by atoms with Gasteiger partial charge in [0, 0.05) is 19.5 Å². The summed E-state index contributed by atoms with van der Waals surface area (Å²) in [5.74, 6) is -1.88. The molecule has 1 aliphatic heterocycles. The van der Waals surface area contributed by atoms with Gasteiger partial charge in [-0.15, -0.1) is 0 Å². The first kappa shape index (κ1) is 14.7. The summed E-state index contributed by atoms with van der Waals surface area (Å²) < 4.78 is 26.4. The minimum atomic E-state index is -0.872. The largest absolute Gasteiger partial charge is 0.352 e. The Morgan fingerprint density at radius 3 is 2.95 bits per heavy atom. The molecule has 3 nitrogen and oxygen atoms in total. The van der Waals surface area contributed by atoms with Crippen LogP contribution in [-0.4, -0.2) is 25.5 Å². The third-order valence-corrected chi connectivity index (χ3v) is 3.32. The van der Waals surface area contributed by atoms with Gasteiger partial charge in [0.05, 0.1) is 0 Å². The Labute approximate surface area is 117 Å². The fraction of sp³-hybridized carbons (Fsp3) is 0.400. The van der Waals surface area contributed by atoms with Crippen molar-refractivity contribution in [2.24, 2.45) is 0 Å². The molecule has 2 rings (SSSR count). The topological polar surface area (TPSA) is 41.1 Å². The van der Waals surface area contributed by atoms with E-state index in [2.05, 4.69) is 16.7 Å². The van der Waals surface area contributed by atoms with Crippen molar-refractivity contribution in [3.63, 3.8) is 0 Å². The summed E-state index contributed by atoms with van der Waals surface area (Å²) in [5.41, 5.74) is 1.44. The Morgan fingerprint density at radius 1 is 1.35 bits per heavy atom. The van der Waals surface area contributed by atoms with Crippen molar-refractivity contribution >= 4 is 5.91 Å². The van der Waals surface area contributed by atoms with E-state index in [1.165, 1.54) is 17.7 Å². The molecule has 0 radical (unpaired) electrons. The van der Waals surface area contributed by atoms with Crippen LogP contribution in [0.15, 0.2) is 29.8 Å². The lowest BCUT2D eigenvalue weighted by atomic mass is 10.1. The van der Waals surface area contributed by atoms with E-state index in [1.807, 2.05) is 0 Å². The predicted octanol–water partition coefficient (Wildman–Crippen LogP) is 1.93. The molecule has 1 heterocycles. The number of hydrogen-bond donors (Lipinski definition) is 2. The van der Waals surface area contributed by atoms with Crippen molar-refractivity contribution in [3.05, 3.63) is 47.0 Å². The van der Waals surface area contributed by atoms with E-state index in [4.69, 9.17) is 0 Å². The lowest BCUT2D eigenvalue weighted by molar-refractivity contribution is -0.120. The summed E-state index contributed by atoms with van der Waals surface area (Å²) in [6, 6.07) is 4.02. The number of amides is 1. The number of benzene rings is 1. The first-order valence-corrected chi connectivity index (χ1v) is 6.75. The number of carbonyl (C=O) groups is 1. The molecule has 0 spiro atoms. The van der Waals surface area contributed by atoms with Gasteiger partial charge in [0.1, 0.15) is 0 Å². The van der Waals surface area contributed by atoms with Crippen LogP contribution in [0.2, 0.25) is 0 Å². The molecule has 20 heavy (non-hydrogen) atoms. The van der Waals surface area contributed by atoms with Gasteiger partial charge in [0.25, 0.3) is 0 Å². The van der Waals surface area contributed by atoms with Crippen molar-refractivity contribution in [2.75, 3.05) is 19.6 Å². The Hall–Kier alpha value is -1.75. The van der Waals surface area contributed by atoms with Crippen molar-refractivity contribution in [1.82, 2.24) is 10.6 Å². The normalized spacial score (nSPS) is 14.8. The number of carbonyl (C=O) groups excluding carboxylic acids is 1. The molecule has 1 aliphatic rings. The maximum Gasteiger partial charge on any atom is 0.220 e. The number of halogens is 2. The van der Waals surface area contributed by atoms with Gasteiger partial charge in [0.15, 0.2) is 11.6 Å². The van der Waals surface area contributed by atoms with Gasteiger partial charge in [-0.25, -0.2) is 8.78 Å². The second-order valence-corrected chi connectivity index (χ2v) is 4.81. The molecule has 0 saturated heterocycles. The first-order valence-electron chi connectivity index (χ1n) is 6.75. The average Bonchev–Trinajstić information content (AvgIpc) is 2.48. The molecule has 1 aromatic carbocycles. The lowest BCUT2D eigenvalue weighted by Crippen LogP contribution is -2.29. The van der Waals surface area contributed by atoms with Gasteiger partial charge in [-0.2, -0.15) is 0 Å². The molecule has 0 aliphatic carbocycles. The van der Waals surface area contributed by atoms with Crippen LogP contribution >= 0.6 is 0 Å². The molecule has 1 aromatic rings. The van der Waals surface area contributed by atoms with Crippen molar-refractivity contribution in [3.8, 4) is 0 Å². The zero-order valence-corrected chi connectivity index (χ0v) is 11.2. The van der Waals surface area contributed by atoms with Crippen molar-refractivity contribution in [1.29, 1.82) is 0 Å². The maximum absolute atomic E-state index is 13.4. The second-order valence-electron chi connectivity index (χ2n) is 4.81. The highest BCUT2D eigenvalue weighted by Gasteiger charge is 2.10. The van der Waals surface area contributed by atoms with Crippen LogP contribution in [0.1, 0.15) is 18.4 Å². The Bertz CT molecular complexity index is 515. The fourth-order valence-corrected chi connectivity index (χ4v) is 2.12. The van der Waals surface area contributed by atoms with E-state index in [-0.39, 0.29) is 24.3 Å². The smallest absolute Gasteiger partial charge is 0.220 e. The van der Waals surface area contributed by atoms with Gasteiger partial charge in [-0.1, -0.05) is 23.8 Å². The van der Waals surface area contributed by atoms with E-state index in [0.717, 1.165) is 25.6 Å². The molecule has 0 atom stereocenters. The van der Waals surface area contributed by atoms with Gasteiger partial charge in [0.2, 0.25) is 5.91 Å². The minimum Gasteiger partial charge on any atom is -0.352 e. The lowest BCUT2D eigenvalue weighted by Gasteiger charge is -2.14. The summed E-state index contributed by atoms with van der Waals surface area (Å²) >= 11 is 0. The molecule has 1 amide bonds. The molecule has 108 valence electrons. The van der Waals surface area contributed by atoms with Crippen LogP contribution in [-0.2, 0) is 11.2 Å². The Kier molecular flexibility index (Phi) is 5.24. The Morgan fingerprint density at radius 2 is 2.20 bits per heavy atom. The van der Waals surface area contributed by atoms with E-state index in [0.29, 0.717) is 6.54 Å². The molecule has 0 unspecified atom stereocenters. The molecular weight excluding hydrogens is 262 g/mol. The van der Waals surface area contributed by atoms with E-state index >= 15 is 0 Å². The summed E-state index contributed by atoms with van der Waals surface area (Å²) in [6.45, 7) is 2.29. The van der Waals surface area contributed by atoms with Crippen LogP contribution in [0.3, 0.4) is 0 Å². The summed E-state index contributed by atoms with van der Waals surface area (Å²) in [4.78, 5) is 11.7. The van der Waals surface area contributed by atoms with Crippen LogP contribution in [0.5, 0.6) is 0 Å². The third-order valence-electron chi connectivity index (χ3n) is 3.32. The number of aryl methyl sites for hydroxylation is 1. The highest BCUT2D eigenvalue weighted by Crippen LogP contribution is 2.13. The van der Waals surface area contributed by atoms with Crippen LogP contribution < -0.4 is 10.6 Å². The summed E-state index contributed by atoms with van der Waals surface area (Å²) in [6.07, 6.45) is 3.36. The quantitative estimate of drug-likeness (QED) is 0.809. The van der Waals surface area contributed by atoms with Crippen LogP contribution in [0, 0.1) is 11.6 Å². The van der Waals surface area contributed by atoms with Gasteiger partial charge in [-0.3, -0.25) is 4.79 Å². The van der Waals surface area contributed by atoms with E-state index in [9.17, 15) is 13.6 Å². The molecule has 5 heteroatoms. The van der Waals surface area contributed by atoms with Crippen molar-refractivity contribution < 1.29 is 13.6 Å². The zero-order valence-electron chi connectivity index (χ0n) is 11.2. The SMILES string of the molecule is O=C(CCc1cccc(F)c1F)NCC1=CCNCC1. The van der Waals surface area contributed by atoms with E-state index in [1.54, 1.807) is 0 Å². The zero-order chi connectivity index (χ0) is 14.4. The minimum absolute atomic E-state index is 0.145. The third kappa shape index (κ3) is 4.13. The average molecular weight is 280 g/mol. The predicted molar refractivity (Wildman–Crippen MR) is 73.3 cm³/mol. The molecule has 2 N–H and O–H groups in total. The summed E-state index contributed by atoms with van der Waals surface area (Å²) in [5, 5.41) is 6.00. The van der Waals surface area contributed by atoms with Gasteiger partial charge < -0.3 is 10.6 Å². The van der Waals surface area contributed by atoms with Crippen LogP contribution in [0.4, 0.5) is 8.78 Å². The maximum atomic E-state index is 13.4. The number of hydrogen-bond acceptors (Lipinski definition) is 2. The van der Waals surface area contributed by atoms with Gasteiger partial charge >= 0.3 is 0 Å².